The zero-order valence-electron chi connectivity index (χ0n) is 19.0. The van der Waals surface area contributed by atoms with Gasteiger partial charge >= 0.3 is 0 Å². The van der Waals surface area contributed by atoms with Gasteiger partial charge in [-0.15, -0.1) is 0 Å². The Morgan fingerprint density at radius 2 is 1.52 bits per heavy atom. The van der Waals surface area contributed by atoms with Crippen molar-refractivity contribution in [3.63, 3.8) is 0 Å². The average molecular weight is 470 g/mol. The first-order chi connectivity index (χ1) is 15.8. The molecule has 2 aromatic rings. The summed E-state index contributed by atoms with van der Waals surface area (Å²) < 4.78 is 27.0. The fraction of sp³-hybridized carbons (Fsp3) is 0.440. The van der Waals surface area contributed by atoms with Gasteiger partial charge in [-0.1, -0.05) is 42.5 Å². The van der Waals surface area contributed by atoms with Crippen molar-refractivity contribution in [1.82, 2.24) is 14.5 Å². The quantitative estimate of drug-likeness (QED) is 0.705. The minimum absolute atomic E-state index is 0.0287. The molecular weight excluding hydrogens is 438 g/mol. The topological polar surface area (TPSA) is 86.8 Å². The van der Waals surface area contributed by atoms with Crippen molar-refractivity contribution in [3.8, 4) is 0 Å². The normalized spacial score (nSPS) is 18.8. The van der Waals surface area contributed by atoms with Crippen LogP contribution in [-0.2, 0) is 31.6 Å². The van der Waals surface area contributed by atoms with E-state index < -0.39 is 15.4 Å². The van der Waals surface area contributed by atoms with Gasteiger partial charge in [-0.25, -0.2) is 8.42 Å². The molecule has 0 spiro atoms. The van der Waals surface area contributed by atoms with E-state index in [2.05, 4.69) is 5.32 Å². The SMILES string of the molecule is CC(=O)N1CCC(C(=O)NCc2ccc(S(=O)(=O)N3CCCC3)cc2)(c2ccccc2)CC1. The predicted octanol–water partition coefficient (Wildman–Crippen LogP) is 2.67. The number of carbonyl (C=O) groups is 2. The Balaban J connectivity index is 1.46. The molecule has 8 heteroatoms. The molecule has 0 unspecified atom stereocenters. The molecule has 2 heterocycles. The fourth-order valence-corrected chi connectivity index (χ4v) is 6.33. The minimum atomic E-state index is -3.45. The van der Waals surface area contributed by atoms with E-state index in [0.29, 0.717) is 45.6 Å². The number of carbonyl (C=O) groups excluding carboxylic acids is 2. The summed E-state index contributed by atoms with van der Waals surface area (Å²) in [5.74, 6) is -0.0355. The molecule has 0 aliphatic carbocycles. The van der Waals surface area contributed by atoms with Crippen molar-refractivity contribution >= 4 is 21.8 Å². The van der Waals surface area contributed by atoms with Crippen molar-refractivity contribution in [2.24, 2.45) is 0 Å². The highest BCUT2D eigenvalue weighted by atomic mass is 32.2. The van der Waals surface area contributed by atoms with E-state index in [0.717, 1.165) is 24.0 Å². The third kappa shape index (κ3) is 4.82. The summed E-state index contributed by atoms with van der Waals surface area (Å²) in [5, 5.41) is 3.06. The Bertz CT molecular complexity index is 1090. The number of nitrogens with zero attached hydrogens (tertiary/aromatic N) is 2. The first-order valence-corrected chi connectivity index (χ1v) is 13.0. The lowest BCUT2D eigenvalue weighted by atomic mass is 9.72. The highest BCUT2D eigenvalue weighted by Gasteiger charge is 2.43. The molecule has 2 aromatic carbocycles. The second-order valence-corrected chi connectivity index (χ2v) is 10.8. The molecule has 2 amide bonds. The minimum Gasteiger partial charge on any atom is -0.351 e. The second-order valence-electron chi connectivity index (χ2n) is 8.89. The van der Waals surface area contributed by atoms with Gasteiger partial charge in [0.25, 0.3) is 0 Å². The van der Waals surface area contributed by atoms with Gasteiger partial charge in [0.1, 0.15) is 0 Å². The molecule has 1 N–H and O–H groups in total. The lowest BCUT2D eigenvalue weighted by Gasteiger charge is -2.40. The van der Waals surface area contributed by atoms with Gasteiger partial charge in [-0.2, -0.15) is 4.31 Å². The molecule has 0 atom stereocenters. The molecule has 7 nitrogen and oxygen atoms in total. The lowest BCUT2D eigenvalue weighted by molar-refractivity contribution is -0.135. The fourth-order valence-electron chi connectivity index (χ4n) is 4.82. The molecular formula is C25H31N3O4S. The Kier molecular flexibility index (Phi) is 6.86. The molecule has 2 fully saturated rings. The van der Waals surface area contributed by atoms with Crippen molar-refractivity contribution in [3.05, 3.63) is 65.7 Å². The molecule has 176 valence electrons. The van der Waals surface area contributed by atoms with Crippen LogP contribution in [0, 0.1) is 0 Å². The monoisotopic (exact) mass is 469 g/mol. The van der Waals surface area contributed by atoms with Crippen LogP contribution in [0.2, 0.25) is 0 Å². The zero-order valence-corrected chi connectivity index (χ0v) is 19.8. The highest BCUT2D eigenvalue weighted by Crippen LogP contribution is 2.36. The largest absolute Gasteiger partial charge is 0.351 e. The van der Waals surface area contributed by atoms with Crippen LogP contribution in [0.5, 0.6) is 0 Å². The number of rotatable bonds is 6. The van der Waals surface area contributed by atoms with Crippen LogP contribution in [0.1, 0.15) is 43.7 Å². The molecule has 0 aromatic heterocycles. The van der Waals surface area contributed by atoms with E-state index in [1.54, 1.807) is 36.1 Å². The van der Waals surface area contributed by atoms with Crippen LogP contribution in [0.25, 0.3) is 0 Å². The summed E-state index contributed by atoms with van der Waals surface area (Å²) in [6, 6.07) is 16.5. The first kappa shape index (κ1) is 23.4. The maximum absolute atomic E-state index is 13.5. The third-order valence-corrected chi connectivity index (χ3v) is 8.82. The van der Waals surface area contributed by atoms with Gasteiger partial charge in [0.15, 0.2) is 0 Å². The Morgan fingerprint density at radius 3 is 2.09 bits per heavy atom. The predicted molar refractivity (Wildman–Crippen MR) is 126 cm³/mol. The van der Waals surface area contributed by atoms with Gasteiger partial charge < -0.3 is 10.2 Å². The van der Waals surface area contributed by atoms with Gasteiger partial charge in [0.05, 0.1) is 10.3 Å². The summed E-state index contributed by atoms with van der Waals surface area (Å²) in [6.45, 7) is 4.10. The maximum Gasteiger partial charge on any atom is 0.243 e. The first-order valence-electron chi connectivity index (χ1n) is 11.5. The highest BCUT2D eigenvalue weighted by molar-refractivity contribution is 7.89. The van der Waals surface area contributed by atoms with E-state index in [1.807, 2.05) is 30.3 Å². The van der Waals surface area contributed by atoms with Crippen molar-refractivity contribution in [2.45, 2.75) is 49.5 Å². The van der Waals surface area contributed by atoms with Crippen LogP contribution in [0.4, 0.5) is 0 Å². The Labute approximate surface area is 195 Å². The maximum atomic E-state index is 13.5. The lowest BCUT2D eigenvalue weighted by Crippen LogP contribution is -2.52. The number of likely N-dealkylation sites (tertiary alicyclic amines) is 1. The van der Waals surface area contributed by atoms with E-state index in [9.17, 15) is 18.0 Å². The Hall–Kier alpha value is -2.71. The number of amides is 2. The summed E-state index contributed by atoms with van der Waals surface area (Å²) in [4.78, 5) is 27.3. The molecule has 2 aliphatic heterocycles. The molecule has 2 aliphatic rings. The van der Waals surface area contributed by atoms with E-state index in [4.69, 9.17) is 0 Å². The van der Waals surface area contributed by atoms with E-state index in [-0.39, 0.29) is 16.7 Å². The summed E-state index contributed by atoms with van der Waals surface area (Å²) >= 11 is 0. The average Bonchev–Trinajstić information content (AvgIpc) is 3.39. The van der Waals surface area contributed by atoms with Gasteiger partial charge in [-0.3, -0.25) is 9.59 Å². The van der Waals surface area contributed by atoms with Gasteiger partial charge in [-0.05, 0) is 48.9 Å². The third-order valence-electron chi connectivity index (χ3n) is 6.90. The molecule has 33 heavy (non-hydrogen) atoms. The number of sulfonamides is 1. The van der Waals surface area contributed by atoms with E-state index >= 15 is 0 Å². The van der Waals surface area contributed by atoms with Crippen LogP contribution < -0.4 is 5.32 Å². The van der Waals surface area contributed by atoms with Crippen LogP contribution >= 0.6 is 0 Å². The summed E-state index contributed by atoms with van der Waals surface area (Å²) in [7, 11) is -3.45. The van der Waals surface area contributed by atoms with Crippen molar-refractivity contribution in [2.75, 3.05) is 26.2 Å². The summed E-state index contributed by atoms with van der Waals surface area (Å²) in [5.41, 5.74) is 1.11. The number of hydrogen-bond donors (Lipinski definition) is 1. The van der Waals surface area contributed by atoms with Crippen molar-refractivity contribution in [1.29, 1.82) is 0 Å². The van der Waals surface area contributed by atoms with Crippen LogP contribution in [0.15, 0.2) is 59.5 Å². The number of piperidine rings is 1. The Morgan fingerprint density at radius 1 is 0.909 bits per heavy atom. The standard InChI is InChI=1S/C25H31N3O4S/c1-20(29)27-17-13-25(14-18-27,22-7-3-2-4-8-22)24(30)26-19-21-9-11-23(12-10-21)33(31,32)28-15-5-6-16-28/h2-4,7-12H,5-6,13-19H2,1H3,(H,26,30). The van der Waals surface area contributed by atoms with Gasteiger partial charge in [0, 0.05) is 39.6 Å². The van der Waals surface area contributed by atoms with Crippen molar-refractivity contribution < 1.29 is 18.0 Å². The molecule has 4 rings (SSSR count). The summed E-state index contributed by atoms with van der Waals surface area (Å²) in [6.07, 6.45) is 2.93. The number of hydrogen-bond acceptors (Lipinski definition) is 4. The molecule has 2 saturated heterocycles. The van der Waals surface area contributed by atoms with Crippen LogP contribution in [-0.4, -0.2) is 55.6 Å². The molecule has 0 saturated carbocycles. The second kappa shape index (κ2) is 9.65. The zero-order chi connectivity index (χ0) is 23.5. The van der Waals surface area contributed by atoms with Gasteiger partial charge in [0.2, 0.25) is 21.8 Å². The number of nitrogens with one attached hydrogen (secondary N) is 1. The number of benzene rings is 2. The van der Waals surface area contributed by atoms with Crippen LogP contribution in [0.3, 0.4) is 0 Å². The van der Waals surface area contributed by atoms with E-state index in [1.165, 1.54) is 4.31 Å². The molecule has 0 radical (unpaired) electrons. The smallest absolute Gasteiger partial charge is 0.243 e. The molecule has 0 bridgehead atoms.